The van der Waals surface area contributed by atoms with Crippen molar-refractivity contribution in [2.45, 2.75) is 73.6 Å². The van der Waals surface area contributed by atoms with Gasteiger partial charge in [0.15, 0.2) is 41.0 Å². The quantitative estimate of drug-likeness (QED) is 0.0364. The molecule has 3 aliphatic heterocycles. The molecule has 71 heavy (non-hydrogen) atoms. The fourth-order valence-corrected chi connectivity index (χ4v) is 10.6. The van der Waals surface area contributed by atoms with E-state index in [1.807, 2.05) is 4.98 Å². The molecule has 0 bridgehead atoms. The van der Waals surface area contributed by atoms with Crippen LogP contribution in [0.5, 0.6) is 0 Å². The normalized spacial score (nSPS) is 30.0. The molecule has 5 aromatic heterocycles. The Hall–Kier alpha value is -4.40. The Kier molecular flexibility index (Phi) is 14.8. The number of anilines is 2. The number of aromatic amines is 3. The summed E-state index contributed by atoms with van der Waals surface area (Å²) in [5.74, 6) is -0.797. The largest absolute Gasteiger partial charge is 0.472 e. The van der Waals surface area contributed by atoms with Crippen molar-refractivity contribution >= 4 is 76.2 Å². The van der Waals surface area contributed by atoms with Gasteiger partial charge in [-0.25, -0.2) is 28.5 Å². The minimum absolute atomic E-state index is 0.254. The minimum atomic E-state index is -5.68. The number of phosphoric ester groups is 3. The minimum Gasteiger partial charge on any atom is -0.386 e. The predicted octanol–water partition coefficient (Wildman–Crippen LogP) is -5.55. The number of nitrogen functional groups attached to an aromatic ring is 2. The third-order valence-electron chi connectivity index (χ3n) is 10.5. The molecule has 0 aromatic carbocycles. The van der Waals surface area contributed by atoms with Gasteiger partial charge in [0, 0.05) is 12.3 Å². The number of H-pyrrole nitrogens is 3. The SMILES string of the molecule is Nc1nc2c(ncn2[C@@H]2O[C@H](COP(=O)(O)O[C@H]3[C@@H](O)[C@H](n4ccc(=O)[nH]c4=O)O[C@@H]3COP(=O)(O)O[C@H]3[C@@H](O)[C@H](n4cnc5c(=O)[nH]c(N)nc54)O[C@@H]3COP(O)(O)=S)[C@@H](OP(=O)(O)O)[C@H]2O)c(=O)[nH]1. The molecular formula is C29H38N12O25P4S. The molecule has 8 rings (SSSR count). The van der Waals surface area contributed by atoms with E-state index in [-0.39, 0.29) is 28.3 Å². The van der Waals surface area contributed by atoms with Crippen molar-refractivity contribution < 1.29 is 99.7 Å². The first kappa shape index (κ1) is 52.9. The van der Waals surface area contributed by atoms with E-state index in [1.165, 1.54) is 0 Å². The van der Waals surface area contributed by atoms with Gasteiger partial charge in [-0.2, -0.15) is 9.97 Å². The van der Waals surface area contributed by atoms with Gasteiger partial charge in [0.25, 0.3) is 16.7 Å². The fraction of sp³-hybridized carbons (Fsp3) is 0.517. The van der Waals surface area contributed by atoms with E-state index in [0.29, 0.717) is 4.57 Å². The van der Waals surface area contributed by atoms with Crippen molar-refractivity contribution in [2.24, 2.45) is 0 Å². The molecule has 16 N–H and O–H groups in total. The molecule has 2 unspecified atom stereocenters. The molecule has 0 amide bonds. The van der Waals surface area contributed by atoms with Crippen molar-refractivity contribution in [2.75, 3.05) is 31.3 Å². The Morgan fingerprint density at radius 1 is 0.620 bits per heavy atom. The predicted molar refractivity (Wildman–Crippen MR) is 229 cm³/mol. The highest BCUT2D eigenvalue weighted by molar-refractivity contribution is 8.06. The number of nitrogens with zero attached hydrogens (tertiary/aromatic N) is 7. The van der Waals surface area contributed by atoms with E-state index >= 15 is 0 Å². The third-order valence-corrected chi connectivity index (χ3v) is 13.8. The molecule has 8 heterocycles. The van der Waals surface area contributed by atoms with Gasteiger partial charge in [-0.15, -0.1) is 0 Å². The van der Waals surface area contributed by atoms with E-state index in [1.54, 1.807) is 0 Å². The summed E-state index contributed by atoms with van der Waals surface area (Å²) >= 11 is 4.47. The number of hydrogen-bond acceptors (Lipinski definition) is 26. The van der Waals surface area contributed by atoms with Gasteiger partial charge in [-0.05, 0) is 11.8 Å². The van der Waals surface area contributed by atoms with Gasteiger partial charge in [0.2, 0.25) is 11.9 Å². The molecule has 42 heteroatoms. The molecule has 3 aliphatic rings. The molecule has 0 spiro atoms. The standard InChI is InChI=1S/C29H38N12O25P4S/c30-27-35-20-12(22(46)37-27)32-6-40(20)25-14(43)17(64-67(49,50)51)8(62-25)3-58-68(52,53)65-18-9(61-24(15(18)44)39-2-1-11(42)34-29(39)48)4-59-69(54,55)66-19-10(5-60-70(56,57)71)63-26(16(19)45)41-7-33-13-21(41)36-28(31)38-23(13)47/h1-2,6-10,14-19,24-26,43-45H,3-5H2,(H,52,53)(H,54,55)(H,34,42,48)(H2,49,50,51)(H2,56,57,71)(H3,30,35,37,46)(H3,31,36,38,47)/t8-,9-,10-,14-,15-,16-,17-,18-,19-,24-,25-,26-/m1/s1. The van der Waals surface area contributed by atoms with Crippen LogP contribution in [0.1, 0.15) is 18.7 Å². The highest BCUT2D eigenvalue weighted by Crippen LogP contribution is 2.53. The Bertz CT molecular complexity index is 3270. The number of phosphoric acid groups is 3. The first-order valence-corrected chi connectivity index (χ1v) is 26.8. The summed E-state index contributed by atoms with van der Waals surface area (Å²) in [5.41, 5.74) is 6.39. The van der Waals surface area contributed by atoms with Crippen molar-refractivity contribution in [1.82, 2.24) is 48.6 Å². The lowest BCUT2D eigenvalue weighted by Gasteiger charge is -2.26. The van der Waals surface area contributed by atoms with Crippen LogP contribution in [0, 0.1) is 0 Å². The number of nitrogens with one attached hydrogen (secondary N) is 3. The number of aromatic nitrogens is 10. The first-order chi connectivity index (χ1) is 33.1. The van der Waals surface area contributed by atoms with Gasteiger partial charge in [-0.3, -0.25) is 65.7 Å². The molecule has 37 nitrogen and oxygen atoms in total. The number of imidazole rings is 2. The fourth-order valence-electron chi connectivity index (χ4n) is 7.56. The topological polar surface area (TPSA) is 550 Å². The van der Waals surface area contributed by atoms with Crippen LogP contribution in [0.3, 0.4) is 0 Å². The lowest BCUT2D eigenvalue weighted by molar-refractivity contribution is -0.0628. The molecule has 0 aliphatic carbocycles. The first-order valence-electron chi connectivity index (χ1n) is 19.6. The lowest BCUT2D eigenvalue weighted by atomic mass is 10.1. The number of fused-ring (bicyclic) bond motifs is 2. The Balaban J connectivity index is 1.02. The van der Waals surface area contributed by atoms with Crippen molar-refractivity contribution in [3.05, 3.63) is 66.5 Å². The molecule has 5 aromatic rings. The molecule has 14 atom stereocenters. The molecule has 3 fully saturated rings. The molecule has 0 saturated carbocycles. The monoisotopic (exact) mass is 1110 g/mol. The van der Waals surface area contributed by atoms with Gasteiger partial charge in [0.1, 0.15) is 54.9 Å². The Labute approximate surface area is 395 Å². The summed E-state index contributed by atoms with van der Waals surface area (Å²) in [5, 5.41) is 33.9. The van der Waals surface area contributed by atoms with Gasteiger partial charge >= 0.3 is 35.9 Å². The summed E-state index contributed by atoms with van der Waals surface area (Å²) in [6, 6.07) is 0.811. The Morgan fingerprint density at radius 2 is 1.01 bits per heavy atom. The van der Waals surface area contributed by atoms with Crippen LogP contribution in [0.4, 0.5) is 11.9 Å². The number of aliphatic hydroxyl groups is 3. The maximum atomic E-state index is 13.6. The van der Waals surface area contributed by atoms with Crippen LogP contribution in [-0.4, -0.2) is 168 Å². The van der Waals surface area contributed by atoms with Crippen molar-refractivity contribution in [3.8, 4) is 0 Å². The number of aliphatic hydroxyl groups excluding tert-OH is 3. The number of ether oxygens (including phenoxy) is 3. The zero-order chi connectivity index (χ0) is 51.7. The second kappa shape index (κ2) is 19.8. The van der Waals surface area contributed by atoms with Crippen molar-refractivity contribution in [1.29, 1.82) is 0 Å². The highest BCUT2D eigenvalue weighted by atomic mass is 32.5. The van der Waals surface area contributed by atoms with E-state index in [0.717, 1.165) is 34.1 Å². The van der Waals surface area contributed by atoms with E-state index in [4.69, 9.17) is 52.8 Å². The summed E-state index contributed by atoms with van der Waals surface area (Å²) in [4.78, 5) is 132. The molecule has 3 saturated heterocycles. The zero-order valence-electron chi connectivity index (χ0n) is 34.9. The smallest absolute Gasteiger partial charge is 0.386 e. The van der Waals surface area contributed by atoms with Gasteiger partial charge in [0.05, 0.1) is 32.5 Å². The van der Waals surface area contributed by atoms with E-state index in [9.17, 15) is 77.6 Å². The van der Waals surface area contributed by atoms with E-state index in [2.05, 4.69) is 41.7 Å². The number of rotatable bonds is 18. The van der Waals surface area contributed by atoms with Crippen LogP contribution in [0.15, 0.2) is 44.1 Å². The summed E-state index contributed by atoms with van der Waals surface area (Å²) in [6.45, 7) is -7.89. The average molecular weight is 1110 g/mol. The lowest BCUT2D eigenvalue weighted by Crippen LogP contribution is -2.39. The number of hydrogen-bond donors (Lipinski definition) is 14. The molecule has 0 radical (unpaired) electrons. The third kappa shape index (κ3) is 11.5. The van der Waals surface area contributed by atoms with E-state index < -0.39 is 152 Å². The van der Waals surface area contributed by atoms with Crippen LogP contribution in [0.25, 0.3) is 22.3 Å². The van der Waals surface area contributed by atoms with Crippen molar-refractivity contribution in [3.63, 3.8) is 0 Å². The number of nitrogens with two attached hydrogens (primary N) is 2. The van der Waals surface area contributed by atoms with Crippen LogP contribution < -0.4 is 33.8 Å². The molecular weight excluding hydrogens is 1070 g/mol. The Morgan fingerprint density at radius 3 is 1.41 bits per heavy atom. The summed E-state index contributed by atoms with van der Waals surface area (Å²) in [7, 11) is -16.8. The van der Waals surface area contributed by atoms with Crippen LogP contribution in [0.2, 0.25) is 0 Å². The van der Waals surface area contributed by atoms with Gasteiger partial charge in [-0.1, -0.05) is 0 Å². The molecule has 390 valence electrons. The zero-order valence-corrected chi connectivity index (χ0v) is 39.3. The maximum Gasteiger partial charge on any atom is 0.472 e. The second-order valence-corrected chi connectivity index (χ2v) is 21.9. The van der Waals surface area contributed by atoms with Crippen LogP contribution >= 0.6 is 30.2 Å². The highest BCUT2D eigenvalue weighted by Gasteiger charge is 2.54. The van der Waals surface area contributed by atoms with Gasteiger partial charge < -0.3 is 74.9 Å². The summed E-state index contributed by atoms with van der Waals surface area (Å²) in [6.07, 6.45) is -20.9. The average Bonchev–Trinajstić information content (AvgIpc) is 4.06. The second-order valence-electron chi connectivity index (χ2n) is 15.3. The summed E-state index contributed by atoms with van der Waals surface area (Å²) < 4.78 is 88.9. The maximum absolute atomic E-state index is 13.6. The van der Waals surface area contributed by atoms with Crippen LogP contribution in [-0.2, 0) is 66.9 Å².